The molecule has 6 nitrogen and oxygen atoms in total. The summed E-state index contributed by atoms with van der Waals surface area (Å²) in [7, 11) is 0. The quantitative estimate of drug-likeness (QED) is 0.916. The summed E-state index contributed by atoms with van der Waals surface area (Å²) < 4.78 is 0. The van der Waals surface area contributed by atoms with Gasteiger partial charge >= 0.3 is 0 Å². The van der Waals surface area contributed by atoms with E-state index in [1.54, 1.807) is 11.1 Å². The summed E-state index contributed by atoms with van der Waals surface area (Å²) in [5.74, 6) is 0.962. The van der Waals surface area contributed by atoms with Crippen LogP contribution < -0.4 is 0 Å². The maximum atomic E-state index is 12.6. The number of nitrogens with zero attached hydrogens (tertiary/aromatic N) is 4. The lowest BCUT2D eigenvalue weighted by Gasteiger charge is -2.25. The first kappa shape index (κ1) is 15.2. The van der Waals surface area contributed by atoms with Gasteiger partial charge in [0.1, 0.15) is 5.82 Å². The van der Waals surface area contributed by atoms with Gasteiger partial charge in [-0.15, -0.1) is 5.10 Å². The van der Waals surface area contributed by atoms with Crippen LogP contribution in [0.5, 0.6) is 0 Å². The van der Waals surface area contributed by atoms with Gasteiger partial charge in [0, 0.05) is 18.2 Å². The zero-order chi connectivity index (χ0) is 15.4. The van der Waals surface area contributed by atoms with E-state index in [0.29, 0.717) is 6.54 Å². The molecular formula is C15H21N5O. The minimum absolute atomic E-state index is 0.0421. The summed E-state index contributed by atoms with van der Waals surface area (Å²) in [6, 6.07) is 5.71. The molecule has 2 aromatic rings. The number of amides is 1. The van der Waals surface area contributed by atoms with Gasteiger partial charge in [-0.25, -0.2) is 4.98 Å². The Kier molecular flexibility index (Phi) is 4.67. The number of rotatable bonds is 5. The molecule has 1 N–H and O–H groups in total. The van der Waals surface area contributed by atoms with Crippen LogP contribution in [0, 0.1) is 0 Å². The number of hydrogen-bond acceptors (Lipinski definition) is 4. The van der Waals surface area contributed by atoms with Gasteiger partial charge in [0.25, 0.3) is 5.91 Å². The standard InChI is InChI=1S/C15H21N5O/c1-10(2)13-17-14(19-18-13)15(21)20(11(3)4)9-12-7-5-6-8-16-12/h5-8,10-11H,9H2,1-4H3,(H,17,18,19). The molecule has 0 fully saturated rings. The van der Waals surface area contributed by atoms with Crippen LogP contribution in [0.2, 0.25) is 0 Å². The Morgan fingerprint density at radius 2 is 2.05 bits per heavy atom. The second-order valence-corrected chi connectivity index (χ2v) is 5.55. The highest BCUT2D eigenvalue weighted by Crippen LogP contribution is 2.12. The van der Waals surface area contributed by atoms with Gasteiger partial charge < -0.3 is 4.90 Å². The molecule has 0 unspecified atom stereocenters. The average Bonchev–Trinajstić information content (AvgIpc) is 2.95. The predicted octanol–water partition coefficient (Wildman–Crippen LogP) is 2.37. The molecule has 0 saturated carbocycles. The van der Waals surface area contributed by atoms with Crippen molar-refractivity contribution in [3.63, 3.8) is 0 Å². The van der Waals surface area contributed by atoms with Crippen molar-refractivity contribution in [3.8, 4) is 0 Å². The van der Waals surface area contributed by atoms with E-state index in [0.717, 1.165) is 11.5 Å². The predicted molar refractivity (Wildman–Crippen MR) is 79.7 cm³/mol. The Morgan fingerprint density at radius 3 is 2.57 bits per heavy atom. The summed E-state index contributed by atoms with van der Waals surface area (Å²) >= 11 is 0. The lowest BCUT2D eigenvalue weighted by atomic mass is 10.2. The van der Waals surface area contributed by atoms with E-state index in [9.17, 15) is 4.79 Å². The Bertz CT molecular complexity index is 591. The third-order valence-corrected chi connectivity index (χ3v) is 3.18. The molecule has 21 heavy (non-hydrogen) atoms. The van der Waals surface area contributed by atoms with Crippen LogP contribution in [0.1, 0.15) is 55.8 Å². The van der Waals surface area contributed by atoms with Gasteiger partial charge in [0.05, 0.1) is 12.2 Å². The smallest absolute Gasteiger partial charge is 0.294 e. The van der Waals surface area contributed by atoms with E-state index in [2.05, 4.69) is 20.2 Å². The number of H-pyrrole nitrogens is 1. The van der Waals surface area contributed by atoms with Crippen LogP contribution in [0.4, 0.5) is 0 Å². The molecule has 112 valence electrons. The highest BCUT2D eigenvalue weighted by Gasteiger charge is 2.23. The largest absolute Gasteiger partial charge is 0.328 e. The zero-order valence-corrected chi connectivity index (χ0v) is 12.9. The van der Waals surface area contributed by atoms with Crippen LogP contribution in [0.25, 0.3) is 0 Å². The first-order valence-corrected chi connectivity index (χ1v) is 7.12. The van der Waals surface area contributed by atoms with Gasteiger partial charge in [-0.2, -0.15) is 0 Å². The molecule has 0 saturated heterocycles. The molecule has 0 aliphatic heterocycles. The fourth-order valence-corrected chi connectivity index (χ4v) is 1.91. The fourth-order valence-electron chi connectivity index (χ4n) is 1.91. The number of pyridine rings is 1. The van der Waals surface area contributed by atoms with Gasteiger partial charge in [-0.1, -0.05) is 19.9 Å². The lowest BCUT2D eigenvalue weighted by Crippen LogP contribution is -2.37. The topological polar surface area (TPSA) is 74.8 Å². The van der Waals surface area contributed by atoms with Crippen molar-refractivity contribution in [2.75, 3.05) is 0 Å². The summed E-state index contributed by atoms with van der Waals surface area (Å²) in [5.41, 5.74) is 0.846. The molecule has 0 bridgehead atoms. The monoisotopic (exact) mass is 287 g/mol. The van der Waals surface area contributed by atoms with Gasteiger partial charge in [0.15, 0.2) is 0 Å². The lowest BCUT2D eigenvalue weighted by molar-refractivity contribution is 0.0675. The Labute approximate surface area is 124 Å². The van der Waals surface area contributed by atoms with Crippen molar-refractivity contribution in [3.05, 3.63) is 41.7 Å². The number of nitrogens with one attached hydrogen (secondary N) is 1. The minimum atomic E-state index is -0.182. The molecule has 2 aromatic heterocycles. The van der Waals surface area contributed by atoms with Crippen molar-refractivity contribution in [2.24, 2.45) is 0 Å². The molecule has 6 heteroatoms. The summed E-state index contributed by atoms with van der Waals surface area (Å²) in [6.45, 7) is 8.39. The number of aromatic nitrogens is 4. The van der Waals surface area contributed by atoms with Crippen LogP contribution in [0.3, 0.4) is 0 Å². The van der Waals surface area contributed by atoms with E-state index < -0.39 is 0 Å². The number of carbonyl (C=O) groups excluding carboxylic acids is 1. The molecule has 0 aromatic carbocycles. The number of aromatic amines is 1. The van der Waals surface area contributed by atoms with Gasteiger partial charge in [0.2, 0.25) is 5.82 Å². The van der Waals surface area contributed by atoms with Crippen molar-refractivity contribution in [1.29, 1.82) is 0 Å². The number of hydrogen-bond donors (Lipinski definition) is 1. The second-order valence-electron chi connectivity index (χ2n) is 5.55. The molecule has 1 amide bonds. The van der Waals surface area contributed by atoms with E-state index >= 15 is 0 Å². The van der Waals surface area contributed by atoms with E-state index in [1.807, 2.05) is 45.9 Å². The van der Waals surface area contributed by atoms with E-state index in [1.165, 1.54) is 0 Å². The van der Waals surface area contributed by atoms with Crippen molar-refractivity contribution in [1.82, 2.24) is 25.1 Å². The van der Waals surface area contributed by atoms with Gasteiger partial charge in [-0.05, 0) is 26.0 Å². The Morgan fingerprint density at radius 1 is 1.29 bits per heavy atom. The molecule has 0 atom stereocenters. The molecule has 2 rings (SSSR count). The Hall–Kier alpha value is -2.24. The number of carbonyl (C=O) groups is 1. The third kappa shape index (κ3) is 3.65. The minimum Gasteiger partial charge on any atom is -0.328 e. The first-order chi connectivity index (χ1) is 9.99. The van der Waals surface area contributed by atoms with Crippen LogP contribution in [-0.2, 0) is 6.54 Å². The summed E-state index contributed by atoms with van der Waals surface area (Å²) in [6.07, 6.45) is 1.72. The Balaban J connectivity index is 2.19. The van der Waals surface area contributed by atoms with Crippen molar-refractivity contribution >= 4 is 5.91 Å². The second kappa shape index (κ2) is 6.47. The SMILES string of the molecule is CC(C)c1nc(C(=O)N(Cc2ccccn2)C(C)C)n[nH]1. The molecule has 2 heterocycles. The van der Waals surface area contributed by atoms with E-state index in [-0.39, 0.29) is 23.7 Å². The fraction of sp³-hybridized carbons (Fsp3) is 0.467. The van der Waals surface area contributed by atoms with Gasteiger partial charge in [-0.3, -0.25) is 14.9 Å². The molecule has 0 radical (unpaired) electrons. The summed E-state index contributed by atoms with van der Waals surface area (Å²) in [4.78, 5) is 22.8. The van der Waals surface area contributed by atoms with Crippen LogP contribution in [0.15, 0.2) is 24.4 Å². The maximum Gasteiger partial charge on any atom is 0.294 e. The van der Waals surface area contributed by atoms with Crippen molar-refractivity contribution in [2.45, 2.75) is 46.2 Å². The highest BCUT2D eigenvalue weighted by atomic mass is 16.2. The maximum absolute atomic E-state index is 12.6. The average molecular weight is 287 g/mol. The normalized spacial score (nSPS) is 11.1. The molecule has 0 aliphatic carbocycles. The van der Waals surface area contributed by atoms with Crippen LogP contribution >= 0.6 is 0 Å². The van der Waals surface area contributed by atoms with Crippen molar-refractivity contribution < 1.29 is 4.79 Å². The van der Waals surface area contributed by atoms with Crippen LogP contribution in [-0.4, -0.2) is 37.0 Å². The molecule has 0 spiro atoms. The molecule has 0 aliphatic rings. The third-order valence-electron chi connectivity index (χ3n) is 3.18. The summed E-state index contributed by atoms with van der Waals surface area (Å²) in [5, 5.41) is 6.85. The van der Waals surface area contributed by atoms with E-state index in [4.69, 9.17) is 0 Å². The molecular weight excluding hydrogens is 266 g/mol. The zero-order valence-electron chi connectivity index (χ0n) is 12.9. The highest BCUT2D eigenvalue weighted by molar-refractivity contribution is 5.90. The first-order valence-electron chi connectivity index (χ1n) is 7.12.